The highest BCUT2D eigenvalue weighted by molar-refractivity contribution is 5.36. The maximum Gasteiger partial charge on any atom is 0.267 e. The number of benzene rings is 1. The standard InChI is InChI=1S/C11H9FN2O2/c1-7-4-8(12)2-3-10(7)16-9-5-11(15)14-13-6-9/h2-6H,1H3,(H,14,15). The van der Waals surface area contributed by atoms with E-state index < -0.39 is 0 Å². The summed E-state index contributed by atoms with van der Waals surface area (Å²) in [4.78, 5) is 11.0. The first-order chi connectivity index (χ1) is 7.65. The third-order valence-corrected chi connectivity index (χ3v) is 2.00. The molecule has 16 heavy (non-hydrogen) atoms. The molecule has 0 saturated carbocycles. The van der Waals surface area contributed by atoms with Gasteiger partial charge in [0, 0.05) is 6.07 Å². The molecule has 0 aliphatic carbocycles. The minimum absolute atomic E-state index is 0.318. The highest BCUT2D eigenvalue weighted by Gasteiger charge is 2.03. The van der Waals surface area contributed by atoms with Crippen molar-refractivity contribution >= 4 is 0 Å². The molecule has 2 rings (SSSR count). The highest BCUT2D eigenvalue weighted by Crippen LogP contribution is 2.23. The maximum absolute atomic E-state index is 12.8. The lowest BCUT2D eigenvalue weighted by molar-refractivity contribution is 0.471. The van der Waals surface area contributed by atoms with Gasteiger partial charge in [0.1, 0.15) is 11.6 Å². The number of hydrogen-bond acceptors (Lipinski definition) is 3. The molecule has 1 N–H and O–H groups in total. The topological polar surface area (TPSA) is 55.0 Å². The third kappa shape index (κ3) is 2.25. The Morgan fingerprint density at radius 3 is 2.88 bits per heavy atom. The van der Waals surface area contributed by atoms with Gasteiger partial charge in [0.25, 0.3) is 5.56 Å². The molecule has 0 unspecified atom stereocenters. The van der Waals surface area contributed by atoms with Crippen molar-refractivity contribution in [1.29, 1.82) is 0 Å². The summed E-state index contributed by atoms with van der Waals surface area (Å²) in [5, 5.41) is 5.83. The summed E-state index contributed by atoms with van der Waals surface area (Å²) in [6.45, 7) is 1.72. The number of halogens is 1. The second-order valence-electron chi connectivity index (χ2n) is 3.29. The van der Waals surface area contributed by atoms with Crippen LogP contribution >= 0.6 is 0 Å². The van der Waals surface area contributed by atoms with Gasteiger partial charge >= 0.3 is 0 Å². The molecule has 0 radical (unpaired) electrons. The fourth-order valence-electron chi connectivity index (χ4n) is 1.27. The van der Waals surface area contributed by atoms with Crippen molar-refractivity contribution in [3.63, 3.8) is 0 Å². The van der Waals surface area contributed by atoms with Crippen LogP contribution in [0.3, 0.4) is 0 Å². The Balaban J connectivity index is 2.30. The van der Waals surface area contributed by atoms with Gasteiger partial charge < -0.3 is 4.74 Å². The average molecular weight is 220 g/mol. The summed E-state index contributed by atoms with van der Waals surface area (Å²) in [5.74, 6) is 0.487. The van der Waals surface area contributed by atoms with Gasteiger partial charge in [0.05, 0.1) is 6.20 Å². The third-order valence-electron chi connectivity index (χ3n) is 2.00. The normalized spacial score (nSPS) is 10.1. The van der Waals surface area contributed by atoms with Gasteiger partial charge in [0.2, 0.25) is 0 Å². The van der Waals surface area contributed by atoms with Gasteiger partial charge in [-0.15, -0.1) is 0 Å². The molecule has 1 aromatic carbocycles. The van der Waals surface area contributed by atoms with E-state index in [9.17, 15) is 9.18 Å². The largest absolute Gasteiger partial charge is 0.455 e. The zero-order chi connectivity index (χ0) is 11.5. The van der Waals surface area contributed by atoms with Crippen LogP contribution in [0.4, 0.5) is 4.39 Å². The SMILES string of the molecule is Cc1cc(F)ccc1Oc1cn[nH]c(=O)c1. The lowest BCUT2D eigenvalue weighted by atomic mass is 10.2. The van der Waals surface area contributed by atoms with E-state index in [1.54, 1.807) is 6.92 Å². The van der Waals surface area contributed by atoms with Crippen LogP contribution in [0.2, 0.25) is 0 Å². The predicted octanol–water partition coefficient (Wildman–Crippen LogP) is 2.01. The fraction of sp³-hybridized carbons (Fsp3) is 0.0909. The molecule has 0 atom stereocenters. The van der Waals surface area contributed by atoms with Gasteiger partial charge in [-0.25, -0.2) is 9.49 Å². The summed E-state index contributed by atoms with van der Waals surface area (Å²) < 4.78 is 18.2. The number of ether oxygens (including phenoxy) is 1. The minimum atomic E-state index is -0.350. The minimum Gasteiger partial charge on any atom is -0.455 e. The summed E-state index contributed by atoms with van der Waals surface area (Å²) in [6, 6.07) is 5.43. The van der Waals surface area contributed by atoms with E-state index in [1.165, 1.54) is 30.5 Å². The van der Waals surface area contributed by atoms with Crippen molar-refractivity contribution in [2.45, 2.75) is 6.92 Å². The number of hydrogen-bond donors (Lipinski definition) is 1. The highest BCUT2D eigenvalue weighted by atomic mass is 19.1. The molecular weight excluding hydrogens is 211 g/mol. The van der Waals surface area contributed by atoms with Gasteiger partial charge in [0.15, 0.2) is 5.75 Å². The van der Waals surface area contributed by atoms with Crippen LogP contribution in [0.5, 0.6) is 11.5 Å². The Morgan fingerprint density at radius 1 is 1.38 bits per heavy atom. The summed E-state index contributed by atoms with van der Waals surface area (Å²) in [6.07, 6.45) is 1.38. The predicted molar refractivity (Wildman–Crippen MR) is 56.1 cm³/mol. The maximum atomic E-state index is 12.8. The van der Waals surface area contributed by atoms with Crippen LogP contribution in [-0.4, -0.2) is 10.2 Å². The number of aromatic nitrogens is 2. The summed E-state index contributed by atoms with van der Waals surface area (Å²) >= 11 is 0. The van der Waals surface area contributed by atoms with E-state index in [-0.39, 0.29) is 11.4 Å². The molecule has 2 aromatic rings. The van der Waals surface area contributed by atoms with Crippen LogP contribution in [-0.2, 0) is 0 Å². The lowest BCUT2D eigenvalue weighted by Crippen LogP contribution is -2.05. The first-order valence-electron chi connectivity index (χ1n) is 4.64. The average Bonchev–Trinajstić information content (AvgIpc) is 2.22. The van der Waals surface area contributed by atoms with Crippen molar-refractivity contribution in [1.82, 2.24) is 10.2 Å². The van der Waals surface area contributed by atoms with E-state index in [0.29, 0.717) is 17.1 Å². The summed E-state index contributed by atoms with van der Waals surface area (Å²) in [5.41, 5.74) is 0.303. The molecule has 5 heteroatoms. The van der Waals surface area contributed by atoms with Gasteiger partial charge in [-0.2, -0.15) is 5.10 Å². The number of aromatic amines is 1. The van der Waals surface area contributed by atoms with Crippen LogP contribution in [0.1, 0.15) is 5.56 Å². The first kappa shape index (κ1) is 10.4. The molecule has 0 spiro atoms. The van der Waals surface area contributed by atoms with E-state index in [0.717, 1.165) is 0 Å². The Kier molecular flexibility index (Phi) is 2.68. The van der Waals surface area contributed by atoms with E-state index in [4.69, 9.17) is 4.74 Å². The monoisotopic (exact) mass is 220 g/mol. The molecule has 1 heterocycles. The van der Waals surface area contributed by atoms with Crippen LogP contribution in [0.15, 0.2) is 35.3 Å². The molecule has 1 aromatic heterocycles. The van der Waals surface area contributed by atoms with Crippen molar-refractivity contribution in [3.8, 4) is 11.5 Å². The molecule has 0 aliphatic heterocycles. The molecule has 0 aliphatic rings. The van der Waals surface area contributed by atoms with Gasteiger partial charge in [-0.05, 0) is 30.7 Å². The zero-order valence-corrected chi connectivity index (χ0v) is 8.53. The Bertz CT molecular complexity index is 566. The van der Waals surface area contributed by atoms with E-state index in [1.807, 2.05) is 0 Å². The molecule has 0 fully saturated rings. The second kappa shape index (κ2) is 4.14. The van der Waals surface area contributed by atoms with Crippen LogP contribution < -0.4 is 10.3 Å². The smallest absolute Gasteiger partial charge is 0.267 e. The molecular formula is C11H9FN2O2. The van der Waals surface area contributed by atoms with Gasteiger partial charge in [-0.1, -0.05) is 0 Å². The number of nitrogens with one attached hydrogen (secondary N) is 1. The number of nitrogens with zero attached hydrogens (tertiary/aromatic N) is 1. The lowest BCUT2D eigenvalue weighted by Gasteiger charge is -2.07. The summed E-state index contributed by atoms with van der Waals surface area (Å²) in [7, 11) is 0. The van der Waals surface area contributed by atoms with Crippen LogP contribution in [0.25, 0.3) is 0 Å². The Hall–Kier alpha value is -2.17. The van der Waals surface area contributed by atoms with Crippen molar-refractivity contribution in [3.05, 3.63) is 52.2 Å². The van der Waals surface area contributed by atoms with Crippen molar-refractivity contribution < 1.29 is 9.13 Å². The number of H-pyrrole nitrogens is 1. The van der Waals surface area contributed by atoms with Crippen molar-refractivity contribution in [2.75, 3.05) is 0 Å². The van der Waals surface area contributed by atoms with Gasteiger partial charge in [-0.3, -0.25) is 4.79 Å². The van der Waals surface area contributed by atoms with Crippen molar-refractivity contribution in [2.24, 2.45) is 0 Å². The molecule has 0 saturated heterocycles. The molecule has 4 nitrogen and oxygen atoms in total. The number of rotatable bonds is 2. The second-order valence-corrected chi connectivity index (χ2v) is 3.29. The van der Waals surface area contributed by atoms with E-state index in [2.05, 4.69) is 10.2 Å². The molecule has 0 bridgehead atoms. The van der Waals surface area contributed by atoms with Crippen LogP contribution in [0, 0.1) is 12.7 Å². The Labute approximate surface area is 90.7 Å². The Morgan fingerprint density at radius 2 is 2.19 bits per heavy atom. The van der Waals surface area contributed by atoms with E-state index >= 15 is 0 Å². The molecule has 82 valence electrons. The fourth-order valence-corrected chi connectivity index (χ4v) is 1.27. The first-order valence-corrected chi connectivity index (χ1v) is 4.64. The number of aryl methyl sites for hydroxylation is 1. The molecule has 0 amide bonds. The quantitative estimate of drug-likeness (QED) is 0.842. The zero-order valence-electron chi connectivity index (χ0n) is 8.53.